The maximum Gasteiger partial charge on any atom is 0.335 e. The first-order chi connectivity index (χ1) is 10.8. The fourth-order valence-corrected chi connectivity index (χ4v) is 4.08. The molecular formula is C19H18O2S. The number of ether oxygens (including phenoxy) is 1. The van der Waals surface area contributed by atoms with Gasteiger partial charge >= 0.3 is 5.97 Å². The molecule has 0 aromatic heterocycles. The zero-order valence-electron chi connectivity index (χ0n) is 12.5. The van der Waals surface area contributed by atoms with Crippen molar-refractivity contribution in [3.63, 3.8) is 0 Å². The van der Waals surface area contributed by atoms with E-state index in [1.165, 1.54) is 5.56 Å². The number of carbonyl (C=O) groups is 1. The molecule has 0 bridgehead atoms. The maximum atomic E-state index is 12.5. The summed E-state index contributed by atoms with van der Waals surface area (Å²) in [6.07, 6.45) is 0. The van der Waals surface area contributed by atoms with E-state index in [4.69, 9.17) is 4.74 Å². The molecule has 3 heteroatoms. The van der Waals surface area contributed by atoms with Crippen LogP contribution in [0.3, 0.4) is 0 Å². The largest absolute Gasteiger partial charge is 0.463 e. The Labute approximate surface area is 135 Å². The van der Waals surface area contributed by atoms with Gasteiger partial charge in [-0.05, 0) is 18.1 Å². The van der Waals surface area contributed by atoms with Crippen LogP contribution in [-0.2, 0) is 9.53 Å². The SMILES string of the molecule is CCOC(=O)C1=C(c2ccccc2)SCC1c1ccccc1. The predicted molar refractivity (Wildman–Crippen MR) is 91.6 cm³/mol. The van der Waals surface area contributed by atoms with Crippen LogP contribution in [0.25, 0.3) is 4.91 Å². The third-order valence-corrected chi connectivity index (χ3v) is 4.96. The molecular weight excluding hydrogens is 292 g/mol. The van der Waals surface area contributed by atoms with Crippen LogP contribution in [0.5, 0.6) is 0 Å². The van der Waals surface area contributed by atoms with Crippen LogP contribution in [0.15, 0.2) is 66.2 Å². The Morgan fingerprint density at radius 1 is 1.09 bits per heavy atom. The van der Waals surface area contributed by atoms with Gasteiger partial charge in [0, 0.05) is 16.6 Å². The van der Waals surface area contributed by atoms with Crippen LogP contribution in [0, 0.1) is 0 Å². The van der Waals surface area contributed by atoms with Gasteiger partial charge in [0.05, 0.1) is 12.2 Å². The third-order valence-electron chi connectivity index (χ3n) is 3.72. The smallest absolute Gasteiger partial charge is 0.335 e. The fourth-order valence-electron chi connectivity index (χ4n) is 2.71. The average Bonchev–Trinajstić information content (AvgIpc) is 3.02. The molecule has 2 aromatic carbocycles. The minimum Gasteiger partial charge on any atom is -0.463 e. The Kier molecular flexibility index (Phi) is 4.64. The van der Waals surface area contributed by atoms with Gasteiger partial charge in [0.1, 0.15) is 0 Å². The topological polar surface area (TPSA) is 26.3 Å². The summed E-state index contributed by atoms with van der Waals surface area (Å²) >= 11 is 1.74. The fraction of sp³-hybridized carbons (Fsp3) is 0.211. The van der Waals surface area contributed by atoms with Crippen molar-refractivity contribution in [2.45, 2.75) is 12.8 Å². The van der Waals surface area contributed by atoms with Crippen LogP contribution in [-0.4, -0.2) is 18.3 Å². The van der Waals surface area contributed by atoms with Gasteiger partial charge in [-0.2, -0.15) is 0 Å². The van der Waals surface area contributed by atoms with E-state index in [2.05, 4.69) is 24.3 Å². The number of hydrogen-bond acceptors (Lipinski definition) is 3. The van der Waals surface area contributed by atoms with Crippen molar-refractivity contribution in [3.05, 3.63) is 77.4 Å². The quantitative estimate of drug-likeness (QED) is 0.778. The minimum absolute atomic E-state index is 0.0976. The number of thioether (sulfide) groups is 1. The van der Waals surface area contributed by atoms with Crippen molar-refractivity contribution in [3.8, 4) is 0 Å². The molecule has 1 heterocycles. The third kappa shape index (κ3) is 2.95. The second-order valence-corrected chi connectivity index (χ2v) is 6.13. The highest BCUT2D eigenvalue weighted by atomic mass is 32.2. The lowest BCUT2D eigenvalue weighted by Gasteiger charge is -2.14. The van der Waals surface area contributed by atoms with Gasteiger partial charge in [0.2, 0.25) is 0 Å². The molecule has 0 radical (unpaired) electrons. The van der Waals surface area contributed by atoms with Crippen LogP contribution in [0.1, 0.15) is 24.0 Å². The van der Waals surface area contributed by atoms with Gasteiger partial charge < -0.3 is 4.74 Å². The van der Waals surface area contributed by atoms with Gasteiger partial charge in [-0.1, -0.05) is 60.7 Å². The van der Waals surface area contributed by atoms with Crippen molar-refractivity contribution in [2.24, 2.45) is 0 Å². The molecule has 2 aromatic rings. The normalized spacial score (nSPS) is 17.6. The van der Waals surface area contributed by atoms with E-state index < -0.39 is 0 Å². The summed E-state index contributed by atoms with van der Waals surface area (Å²) in [5.74, 6) is 0.781. The average molecular weight is 310 g/mol. The van der Waals surface area contributed by atoms with E-state index in [1.54, 1.807) is 11.8 Å². The summed E-state index contributed by atoms with van der Waals surface area (Å²) < 4.78 is 5.32. The molecule has 0 saturated heterocycles. The van der Waals surface area contributed by atoms with Crippen molar-refractivity contribution in [1.29, 1.82) is 0 Å². The summed E-state index contributed by atoms with van der Waals surface area (Å²) in [7, 11) is 0. The molecule has 1 unspecified atom stereocenters. The van der Waals surface area contributed by atoms with E-state index in [0.717, 1.165) is 21.8 Å². The Morgan fingerprint density at radius 3 is 2.36 bits per heavy atom. The summed E-state index contributed by atoms with van der Waals surface area (Å²) in [6.45, 7) is 2.25. The molecule has 22 heavy (non-hydrogen) atoms. The predicted octanol–water partition coefficient (Wildman–Crippen LogP) is 4.49. The number of hydrogen-bond donors (Lipinski definition) is 0. The lowest BCUT2D eigenvalue weighted by Crippen LogP contribution is -2.14. The lowest BCUT2D eigenvalue weighted by atomic mass is 9.91. The van der Waals surface area contributed by atoms with Gasteiger partial charge in [0.25, 0.3) is 0 Å². The number of rotatable bonds is 4. The Balaban J connectivity index is 2.06. The molecule has 0 fully saturated rings. The first-order valence-electron chi connectivity index (χ1n) is 7.45. The molecule has 0 aliphatic carbocycles. The molecule has 1 aliphatic rings. The zero-order chi connectivity index (χ0) is 15.4. The first kappa shape index (κ1) is 14.9. The van der Waals surface area contributed by atoms with Crippen molar-refractivity contribution < 1.29 is 9.53 Å². The standard InChI is InChI=1S/C19H18O2S/c1-2-21-19(20)17-16(14-9-5-3-6-10-14)13-22-18(17)15-11-7-4-8-12-15/h3-12,16H,2,13H2,1H3. The molecule has 1 aliphatic heterocycles. The molecule has 112 valence electrons. The van der Waals surface area contributed by atoms with Gasteiger partial charge in [-0.15, -0.1) is 11.8 Å². The first-order valence-corrected chi connectivity index (χ1v) is 8.44. The molecule has 3 rings (SSSR count). The van der Waals surface area contributed by atoms with Crippen molar-refractivity contribution in [2.75, 3.05) is 12.4 Å². The molecule has 1 atom stereocenters. The Hall–Kier alpha value is -2.00. The van der Waals surface area contributed by atoms with Crippen molar-refractivity contribution >= 4 is 22.6 Å². The Bertz CT molecular complexity index is 677. The van der Waals surface area contributed by atoms with Crippen LogP contribution < -0.4 is 0 Å². The zero-order valence-corrected chi connectivity index (χ0v) is 13.3. The number of carbonyl (C=O) groups excluding carboxylic acids is 1. The second kappa shape index (κ2) is 6.84. The van der Waals surface area contributed by atoms with E-state index in [9.17, 15) is 4.79 Å². The van der Waals surface area contributed by atoms with Crippen LogP contribution in [0.4, 0.5) is 0 Å². The molecule has 0 saturated carbocycles. The van der Waals surface area contributed by atoms with Gasteiger partial charge in [-0.25, -0.2) is 4.79 Å². The van der Waals surface area contributed by atoms with E-state index in [0.29, 0.717) is 6.61 Å². The second-order valence-electron chi connectivity index (χ2n) is 5.10. The van der Waals surface area contributed by atoms with E-state index >= 15 is 0 Å². The summed E-state index contributed by atoms with van der Waals surface area (Å²) in [5, 5.41) is 0. The number of benzene rings is 2. The lowest BCUT2D eigenvalue weighted by molar-refractivity contribution is -0.138. The van der Waals surface area contributed by atoms with Gasteiger partial charge in [-0.3, -0.25) is 0 Å². The molecule has 0 amide bonds. The maximum absolute atomic E-state index is 12.5. The summed E-state index contributed by atoms with van der Waals surface area (Å²) in [6, 6.07) is 20.3. The van der Waals surface area contributed by atoms with E-state index in [1.807, 2.05) is 43.3 Å². The summed E-state index contributed by atoms with van der Waals surface area (Å²) in [4.78, 5) is 13.6. The Morgan fingerprint density at radius 2 is 1.73 bits per heavy atom. The van der Waals surface area contributed by atoms with Crippen LogP contribution >= 0.6 is 11.8 Å². The molecule has 0 spiro atoms. The monoisotopic (exact) mass is 310 g/mol. The van der Waals surface area contributed by atoms with Crippen molar-refractivity contribution in [1.82, 2.24) is 0 Å². The minimum atomic E-state index is -0.194. The highest BCUT2D eigenvalue weighted by Crippen LogP contribution is 2.47. The van der Waals surface area contributed by atoms with E-state index in [-0.39, 0.29) is 11.9 Å². The van der Waals surface area contributed by atoms with Crippen LogP contribution in [0.2, 0.25) is 0 Å². The molecule has 2 nitrogen and oxygen atoms in total. The number of esters is 1. The van der Waals surface area contributed by atoms with Gasteiger partial charge in [0.15, 0.2) is 0 Å². The summed E-state index contributed by atoms with van der Waals surface area (Å²) in [5.41, 5.74) is 3.06. The molecule has 0 N–H and O–H groups in total. The highest BCUT2D eigenvalue weighted by Gasteiger charge is 2.33. The highest BCUT2D eigenvalue weighted by molar-refractivity contribution is 8.08.